The van der Waals surface area contributed by atoms with Crippen LogP contribution in [0, 0.1) is 0 Å². The van der Waals surface area contributed by atoms with E-state index in [1.54, 1.807) is 21.0 Å². The molecule has 2 N–H and O–H groups in total. The van der Waals surface area contributed by atoms with Gasteiger partial charge >= 0.3 is 0 Å². The van der Waals surface area contributed by atoms with Crippen LogP contribution in [0.25, 0.3) is 0 Å². The molecule has 0 bridgehead atoms. The molecule has 2 unspecified atom stereocenters. The van der Waals surface area contributed by atoms with Gasteiger partial charge in [-0.2, -0.15) is 0 Å². The zero-order valence-corrected chi connectivity index (χ0v) is 7.59. The van der Waals surface area contributed by atoms with E-state index in [9.17, 15) is 0 Å². The Balaban J connectivity index is 3.70. The summed E-state index contributed by atoms with van der Waals surface area (Å²) in [7, 11) is 1.55. The number of methoxy groups -OCH3 is 1. The zero-order valence-electron chi connectivity index (χ0n) is 7.59. The van der Waals surface area contributed by atoms with Crippen molar-refractivity contribution in [2.45, 2.75) is 33.0 Å². The van der Waals surface area contributed by atoms with Crippen molar-refractivity contribution in [2.75, 3.05) is 13.7 Å². The van der Waals surface area contributed by atoms with Crippen molar-refractivity contribution in [3.8, 4) is 0 Å². The highest BCUT2D eigenvalue weighted by Crippen LogP contribution is 2.07. The normalized spacial score (nSPS) is 19.4. The van der Waals surface area contributed by atoms with E-state index in [0.29, 0.717) is 6.61 Å². The smallest absolute Gasteiger partial charge is 0.224 e. The third-order valence-electron chi connectivity index (χ3n) is 1.16. The molecule has 0 amide bonds. The summed E-state index contributed by atoms with van der Waals surface area (Å²) >= 11 is 0. The Hall–Kier alpha value is -0.160. The van der Waals surface area contributed by atoms with Crippen LogP contribution in [0.3, 0.4) is 0 Å². The van der Waals surface area contributed by atoms with Crippen LogP contribution < -0.4 is 5.73 Å². The van der Waals surface area contributed by atoms with E-state index in [2.05, 4.69) is 0 Å². The molecule has 0 fully saturated rings. The van der Waals surface area contributed by atoms with Crippen molar-refractivity contribution < 1.29 is 14.2 Å². The van der Waals surface area contributed by atoms with E-state index in [1.165, 1.54) is 0 Å². The fraction of sp³-hybridized carbons (Fsp3) is 1.00. The Morgan fingerprint density at radius 3 is 2.45 bits per heavy atom. The van der Waals surface area contributed by atoms with Crippen LogP contribution in [-0.4, -0.2) is 25.9 Å². The summed E-state index contributed by atoms with van der Waals surface area (Å²) in [6.07, 6.45) is -0.350. The molecule has 2 atom stereocenters. The maximum atomic E-state index is 5.58. The minimum atomic E-state index is -1.05. The van der Waals surface area contributed by atoms with Gasteiger partial charge in [0, 0.05) is 20.6 Å². The lowest BCUT2D eigenvalue weighted by molar-refractivity contribution is -0.287. The lowest BCUT2D eigenvalue weighted by Crippen LogP contribution is -2.45. The third-order valence-corrected chi connectivity index (χ3v) is 1.16. The largest absolute Gasteiger partial charge is 0.356 e. The number of ether oxygens (including phenoxy) is 3. The molecule has 0 aromatic rings. The van der Waals surface area contributed by atoms with Gasteiger partial charge in [0.25, 0.3) is 0 Å². The Morgan fingerprint density at radius 2 is 2.09 bits per heavy atom. The minimum Gasteiger partial charge on any atom is -0.356 e. The van der Waals surface area contributed by atoms with E-state index < -0.39 is 5.91 Å². The molecule has 4 nitrogen and oxygen atoms in total. The second-order valence-electron chi connectivity index (χ2n) is 2.37. The topological polar surface area (TPSA) is 53.7 Å². The summed E-state index contributed by atoms with van der Waals surface area (Å²) in [5.74, 6) is -1.05. The SMILES string of the molecule is CCOC(C)(N)OC(C)OC. The average Bonchev–Trinajstić information content (AvgIpc) is 1.86. The van der Waals surface area contributed by atoms with Crippen molar-refractivity contribution in [2.24, 2.45) is 5.73 Å². The highest BCUT2D eigenvalue weighted by Gasteiger charge is 2.21. The quantitative estimate of drug-likeness (QED) is 0.605. The highest BCUT2D eigenvalue weighted by molar-refractivity contribution is 4.50. The molecule has 0 aromatic carbocycles. The van der Waals surface area contributed by atoms with Crippen LogP contribution in [0.5, 0.6) is 0 Å². The Labute approximate surface area is 67.6 Å². The summed E-state index contributed by atoms with van der Waals surface area (Å²) in [5.41, 5.74) is 5.58. The number of nitrogens with two attached hydrogens (primary N) is 1. The third kappa shape index (κ3) is 5.15. The maximum absolute atomic E-state index is 5.58. The van der Waals surface area contributed by atoms with Crippen LogP contribution in [0.15, 0.2) is 0 Å². The molecule has 0 rings (SSSR count). The van der Waals surface area contributed by atoms with Gasteiger partial charge in [-0.05, 0) is 13.8 Å². The fourth-order valence-corrected chi connectivity index (χ4v) is 0.698. The van der Waals surface area contributed by atoms with Crippen molar-refractivity contribution in [3.05, 3.63) is 0 Å². The molecule has 68 valence electrons. The zero-order chi connectivity index (χ0) is 8.91. The van der Waals surface area contributed by atoms with E-state index in [-0.39, 0.29) is 6.29 Å². The molecule has 0 aromatic heterocycles. The monoisotopic (exact) mass is 163 g/mol. The molecule has 11 heavy (non-hydrogen) atoms. The average molecular weight is 163 g/mol. The lowest BCUT2D eigenvalue weighted by atomic mass is 10.5. The van der Waals surface area contributed by atoms with Crippen LogP contribution in [0.2, 0.25) is 0 Å². The summed E-state index contributed by atoms with van der Waals surface area (Å²) in [6.45, 7) is 5.77. The van der Waals surface area contributed by atoms with E-state index in [0.717, 1.165) is 0 Å². The van der Waals surface area contributed by atoms with Gasteiger partial charge in [0.15, 0.2) is 6.29 Å². The molecule has 0 heterocycles. The van der Waals surface area contributed by atoms with E-state index in [4.69, 9.17) is 19.9 Å². The summed E-state index contributed by atoms with van der Waals surface area (Å²) in [4.78, 5) is 0. The van der Waals surface area contributed by atoms with Gasteiger partial charge in [0.1, 0.15) is 0 Å². The first-order chi connectivity index (χ1) is 5.02. The number of hydrogen-bond donors (Lipinski definition) is 1. The van der Waals surface area contributed by atoms with Crippen molar-refractivity contribution in [3.63, 3.8) is 0 Å². The molecule has 0 radical (unpaired) electrons. The molecular formula is C7H17NO3. The van der Waals surface area contributed by atoms with E-state index in [1.807, 2.05) is 6.92 Å². The van der Waals surface area contributed by atoms with E-state index >= 15 is 0 Å². The van der Waals surface area contributed by atoms with Crippen LogP contribution in [-0.2, 0) is 14.2 Å². The molecule has 0 saturated carbocycles. The van der Waals surface area contributed by atoms with Gasteiger partial charge in [0.2, 0.25) is 5.91 Å². The first-order valence-electron chi connectivity index (χ1n) is 3.65. The Bertz CT molecular complexity index is 106. The van der Waals surface area contributed by atoms with Gasteiger partial charge in [0.05, 0.1) is 0 Å². The highest BCUT2D eigenvalue weighted by atomic mass is 16.8. The van der Waals surface area contributed by atoms with Crippen molar-refractivity contribution in [1.29, 1.82) is 0 Å². The van der Waals surface area contributed by atoms with Crippen LogP contribution >= 0.6 is 0 Å². The molecule has 4 heteroatoms. The summed E-state index contributed by atoms with van der Waals surface area (Å²) in [6, 6.07) is 0. The van der Waals surface area contributed by atoms with Crippen LogP contribution in [0.4, 0.5) is 0 Å². The first-order valence-corrected chi connectivity index (χ1v) is 3.65. The summed E-state index contributed by atoms with van der Waals surface area (Å²) in [5, 5.41) is 0. The Morgan fingerprint density at radius 1 is 1.55 bits per heavy atom. The Kier molecular flexibility index (Phi) is 4.60. The standard InChI is InChI=1S/C7H17NO3/c1-5-10-7(3,8)11-6(2)9-4/h6H,5,8H2,1-4H3. The van der Waals surface area contributed by atoms with Crippen molar-refractivity contribution >= 4 is 0 Å². The van der Waals surface area contributed by atoms with Gasteiger partial charge in [-0.15, -0.1) is 0 Å². The van der Waals surface area contributed by atoms with Crippen molar-refractivity contribution in [1.82, 2.24) is 0 Å². The summed E-state index contributed by atoms with van der Waals surface area (Å²) < 4.78 is 15.1. The first kappa shape index (κ1) is 10.8. The second kappa shape index (κ2) is 4.66. The van der Waals surface area contributed by atoms with Gasteiger partial charge in [-0.3, -0.25) is 5.73 Å². The predicted octanol–water partition coefficient (Wildman–Crippen LogP) is 0.664. The lowest BCUT2D eigenvalue weighted by Gasteiger charge is -2.27. The molecule has 0 aliphatic carbocycles. The maximum Gasteiger partial charge on any atom is 0.224 e. The van der Waals surface area contributed by atoms with Gasteiger partial charge in [-0.1, -0.05) is 0 Å². The molecule has 0 saturated heterocycles. The van der Waals surface area contributed by atoms with Gasteiger partial charge in [-0.25, -0.2) is 0 Å². The fourth-order valence-electron chi connectivity index (χ4n) is 0.698. The predicted molar refractivity (Wildman–Crippen MR) is 41.8 cm³/mol. The number of rotatable bonds is 5. The second-order valence-corrected chi connectivity index (χ2v) is 2.37. The molecule has 0 aliphatic rings. The molecule has 0 aliphatic heterocycles. The minimum absolute atomic E-state index is 0.350. The molecule has 0 spiro atoms. The number of hydrogen-bond acceptors (Lipinski definition) is 4. The van der Waals surface area contributed by atoms with Crippen LogP contribution in [0.1, 0.15) is 20.8 Å². The van der Waals surface area contributed by atoms with Gasteiger partial charge < -0.3 is 14.2 Å². The molecular weight excluding hydrogens is 146 g/mol.